The second-order valence-corrected chi connectivity index (χ2v) is 7.82. The summed E-state index contributed by atoms with van der Waals surface area (Å²) in [5, 5.41) is 4.49. The zero-order valence-electron chi connectivity index (χ0n) is 16.0. The van der Waals surface area contributed by atoms with Gasteiger partial charge < -0.3 is 14.2 Å². The first-order valence-corrected chi connectivity index (χ1v) is 9.71. The molecule has 2 aromatic rings. The van der Waals surface area contributed by atoms with Gasteiger partial charge in [0.15, 0.2) is 6.61 Å². The lowest BCUT2D eigenvalue weighted by Gasteiger charge is -2.38. The summed E-state index contributed by atoms with van der Waals surface area (Å²) in [4.78, 5) is 31.7. The summed E-state index contributed by atoms with van der Waals surface area (Å²) in [7, 11) is 0. The van der Waals surface area contributed by atoms with Crippen LogP contribution in [-0.4, -0.2) is 45.6 Å². The maximum Gasteiger partial charge on any atom is 0.339 e. The normalized spacial score (nSPS) is 22.9. The first-order valence-electron chi connectivity index (χ1n) is 9.71. The van der Waals surface area contributed by atoms with E-state index in [0.717, 1.165) is 37.8 Å². The predicted octanol–water partition coefficient (Wildman–Crippen LogP) is 3.35. The highest BCUT2D eigenvalue weighted by Crippen LogP contribution is 2.40. The van der Waals surface area contributed by atoms with E-state index < -0.39 is 5.97 Å². The van der Waals surface area contributed by atoms with Crippen molar-refractivity contribution in [2.45, 2.75) is 70.9 Å². The maximum atomic E-state index is 12.8. The molecule has 1 saturated carbocycles. The number of rotatable bonds is 4. The molecule has 0 unspecified atom stereocenters. The largest absolute Gasteiger partial charge is 0.452 e. The molecule has 0 radical (unpaired) electrons. The molecule has 2 atom stereocenters. The van der Waals surface area contributed by atoms with Crippen molar-refractivity contribution in [1.29, 1.82) is 0 Å². The van der Waals surface area contributed by atoms with Crippen LogP contribution in [0.2, 0.25) is 0 Å². The molecule has 1 amide bonds. The van der Waals surface area contributed by atoms with Crippen LogP contribution in [0.5, 0.6) is 0 Å². The van der Waals surface area contributed by atoms with Gasteiger partial charge in [0, 0.05) is 23.7 Å². The number of amides is 1. The van der Waals surface area contributed by atoms with E-state index in [1.807, 2.05) is 18.7 Å². The molecule has 0 spiro atoms. The Kier molecular flexibility index (Phi) is 4.61. The molecule has 144 valence electrons. The highest BCUT2D eigenvalue weighted by molar-refractivity contribution is 6.03. The Balaban J connectivity index is 1.53. The number of aromatic nitrogens is 2. The summed E-state index contributed by atoms with van der Waals surface area (Å²) in [6.45, 7) is 5.61. The molecule has 1 saturated heterocycles. The van der Waals surface area contributed by atoms with Crippen LogP contribution in [0.25, 0.3) is 11.1 Å². The van der Waals surface area contributed by atoms with Gasteiger partial charge in [0.2, 0.25) is 0 Å². The Hall–Kier alpha value is -2.44. The Bertz CT molecular complexity index is 877. The summed E-state index contributed by atoms with van der Waals surface area (Å²) in [6.07, 6.45) is 5.21. The number of hydrogen-bond donors (Lipinski definition) is 0. The fraction of sp³-hybridized carbons (Fsp3) is 0.600. The van der Waals surface area contributed by atoms with Gasteiger partial charge in [-0.3, -0.25) is 4.79 Å². The van der Waals surface area contributed by atoms with Crippen LogP contribution in [0.15, 0.2) is 10.6 Å². The van der Waals surface area contributed by atoms with Crippen LogP contribution in [-0.2, 0) is 9.53 Å². The molecule has 0 N–H and O–H groups in total. The van der Waals surface area contributed by atoms with Gasteiger partial charge in [-0.15, -0.1) is 0 Å². The fourth-order valence-corrected chi connectivity index (χ4v) is 4.06. The SMILES string of the molecule is Cc1noc2nc(C3CC3)cc(C(=O)OCC(=O)N3[C@@H](C)CCC[C@@H]3C)c12. The highest BCUT2D eigenvalue weighted by Gasteiger charge is 2.31. The van der Waals surface area contributed by atoms with E-state index in [2.05, 4.69) is 10.1 Å². The van der Waals surface area contributed by atoms with E-state index in [1.165, 1.54) is 0 Å². The third kappa shape index (κ3) is 3.42. The summed E-state index contributed by atoms with van der Waals surface area (Å²) in [6, 6.07) is 2.12. The van der Waals surface area contributed by atoms with Crippen LogP contribution in [0.4, 0.5) is 0 Å². The Morgan fingerprint density at radius 2 is 1.93 bits per heavy atom. The van der Waals surface area contributed by atoms with Crippen molar-refractivity contribution in [3.8, 4) is 0 Å². The van der Waals surface area contributed by atoms with Crippen LogP contribution in [0.1, 0.15) is 73.6 Å². The number of nitrogens with zero attached hydrogens (tertiary/aromatic N) is 3. The summed E-state index contributed by atoms with van der Waals surface area (Å²) < 4.78 is 10.7. The molecule has 2 fully saturated rings. The van der Waals surface area contributed by atoms with E-state index in [1.54, 1.807) is 13.0 Å². The second-order valence-electron chi connectivity index (χ2n) is 7.82. The average Bonchev–Trinajstić information content (AvgIpc) is 3.42. The molecular weight excluding hydrogens is 346 g/mol. The summed E-state index contributed by atoms with van der Waals surface area (Å²) >= 11 is 0. The molecule has 0 bridgehead atoms. The van der Waals surface area contributed by atoms with E-state index in [0.29, 0.717) is 28.3 Å². The summed E-state index contributed by atoms with van der Waals surface area (Å²) in [5.74, 6) is -0.304. The minimum Gasteiger partial charge on any atom is -0.452 e. The first-order chi connectivity index (χ1) is 13.0. The number of likely N-dealkylation sites (tertiary alicyclic amines) is 1. The zero-order valence-corrected chi connectivity index (χ0v) is 16.0. The smallest absolute Gasteiger partial charge is 0.339 e. The lowest BCUT2D eigenvalue weighted by molar-refractivity contribution is -0.140. The van der Waals surface area contributed by atoms with Gasteiger partial charge in [-0.1, -0.05) is 5.16 Å². The lowest BCUT2D eigenvalue weighted by atomic mass is 9.97. The van der Waals surface area contributed by atoms with Crippen molar-refractivity contribution < 1.29 is 18.8 Å². The highest BCUT2D eigenvalue weighted by atomic mass is 16.5. The molecule has 7 nitrogen and oxygen atoms in total. The molecule has 1 aliphatic heterocycles. The Morgan fingerprint density at radius 1 is 1.22 bits per heavy atom. The minimum atomic E-state index is -0.527. The minimum absolute atomic E-state index is 0.141. The monoisotopic (exact) mass is 371 g/mol. The number of pyridine rings is 1. The number of fused-ring (bicyclic) bond motifs is 1. The summed E-state index contributed by atoms with van der Waals surface area (Å²) in [5.41, 5.74) is 2.16. The van der Waals surface area contributed by atoms with E-state index >= 15 is 0 Å². The number of carbonyl (C=O) groups excluding carboxylic acids is 2. The fourth-order valence-electron chi connectivity index (χ4n) is 4.06. The second kappa shape index (κ2) is 6.94. The van der Waals surface area contributed by atoms with Gasteiger partial charge in [0.25, 0.3) is 11.6 Å². The molecule has 27 heavy (non-hydrogen) atoms. The molecule has 1 aliphatic carbocycles. The topological polar surface area (TPSA) is 85.5 Å². The van der Waals surface area contributed by atoms with Crippen LogP contribution < -0.4 is 0 Å². The van der Waals surface area contributed by atoms with Crippen LogP contribution >= 0.6 is 0 Å². The maximum absolute atomic E-state index is 12.8. The van der Waals surface area contributed by atoms with Crippen molar-refractivity contribution in [3.63, 3.8) is 0 Å². The standard InChI is InChI=1S/C20H25N3O4/c1-11-5-4-6-12(2)23(11)17(24)10-26-20(25)15-9-16(14-7-8-14)21-19-18(15)13(3)22-27-19/h9,11-12,14H,4-8,10H2,1-3H3/t11-,12-/m0/s1. The zero-order chi connectivity index (χ0) is 19.1. The molecule has 0 aromatic carbocycles. The van der Waals surface area contributed by atoms with E-state index in [4.69, 9.17) is 9.26 Å². The number of piperidine rings is 1. The van der Waals surface area contributed by atoms with Gasteiger partial charge in [0.05, 0.1) is 16.6 Å². The average molecular weight is 371 g/mol. The van der Waals surface area contributed by atoms with E-state index in [9.17, 15) is 9.59 Å². The number of esters is 1. The molecule has 2 aliphatic rings. The number of aryl methyl sites for hydroxylation is 1. The number of carbonyl (C=O) groups is 2. The first kappa shape index (κ1) is 17.9. The van der Waals surface area contributed by atoms with Crippen molar-refractivity contribution in [2.75, 3.05) is 6.61 Å². The lowest BCUT2D eigenvalue weighted by Crippen LogP contribution is -2.49. The molecule has 3 heterocycles. The van der Waals surface area contributed by atoms with Gasteiger partial charge in [-0.25, -0.2) is 9.78 Å². The van der Waals surface area contributed by atoms with Gasteiger partial charge in [-0.05, 0) is 58.9 Å². The van der Waals surface area contributed by atoms with Crippen molar-refractivity contribution >= 4 is 23.0 Å². The van der Waals surface area contributed by atoms with Crippen LogP contribution in [0.3, 0.4) is 0 Å². The molecule has 4 rings (SSSR count). The van der Waals surface area contributed by atoms with Gasteiger partial charge >= 0.3 is 5.97 Å². The van der Waals surface area contributed by atoms with Crippen LogP contribution in [0, 0.1) is 6.92 Å². The van der Waals surface area contributed by atoms with Crippen molar-refractivity contribution in [1.82, 2.24) is 15.0 Å². The van der Waals surface area contributed by atoms with Gasteiger partial charge in [-0.2, -0.15) is 0 Å². The van der Waals surface area contributed by atoms with E-state index in [-0.39, 0.29) is 24.6 Å². The molecule has 2 aromatic heterocycles. The third-order valence-corrected chi connectivity index (χ3v) is 5.66. The predicted molar refractivity (Wildman–Crippen MR) is 98.4 cm³/mol. The van der Waals surface area contributed by atoms with Gasteiger partial charge in [0.1, 0.15) is 0 Å². The Morgan fingerprint density at radius 3 is 2.59 bits per heavy atom. The quantitative estimate of drug-likeness (QED) is 0.766. The third-order valence-electron chi connectivity index (χ3n) is 5.66. The number of hydrogen-bond acceptors (Lipinski definition) is 6. The Labute approximate surface area is 158 Å². The van der Waals surface area contributed by atoms with Crippen molar-refractivity contribution in [3.05, 3.63) is 23.0 Å². The number of ether oxygens (including phenoxy) is 1. The molecular formula is C20H25N3O4. The van der Waals surface area contributed by atoms with Crippen molar-refractivity contribution in [2.24, 2.45) is 0 Å². The molecule has 7 heteroatoms.